The number of fused-ring (bicyclic) bond motifs is 1. The zero-order valence-corrected chi connectivity index (χ0v) is 19.9. The summed E-state index contributed by atoms with van der Waals surface area (Å²) in [6, 6.07) is 40.2. The molecule has 5 aromatic carbocycles. The Bertz CT molecular complexity index is 1710. The molecule has 170 valence electrons. The van der Waals surface area contributed by atoms with Gasteiger partial charge in [-0.3, -0.25) is 0 Å². The molecule has 0 radical (unpaired) electrons. The van der Waals surface area contributed by atoms with Crippen molar-refractivity contribution in [2.45, 2.75) is 0 Å². The van der Waals surface area contributed by atoms with Gasteiger partial charge in [0, 0.05) is 16.1 Å². The Balaban J connectivity index is 1.45. The van der Waals surface area contributed by atoms with Crippen LogP contribution in [-0.2, 0) is 0 Å². The van der Waals surface area contributed by atoms with E-state index in [1.165, 1.54) is 0 Å². The topological polar surface area (TPSA) is 49.8 Å². The van der Waals surface area contributed by atoms with Crippen molar-refractivity contribution in [2.75, 3.05) is 0 Å². The van der Waals surface area contributed by atoms with Gasteiger partial charge in [-0.25, -0.2) is 4.98 Å². The minimum absolute atomic E-state index is 0.562. The molecule has 4 heteroatoms. The van der Waals surface area contributed by atoms with Crippen LogP contribution >= 0.6 is 11.6 Å². The van der Waals surface area contributed by atoms with E-state index in [-0.39, 0.29) is 0 Å². The van der Waals surface area contributed by atoms with Crippen LogP contribution in [0, 0.1) is 11.3 Å². The minimum atomic E-state index is 0.562. The van der Waals surface area contributed by atoms with Crippen LogP contribution in [0.2, 0.25) is 5.02 Å². The summed E-state index contributed by atoms with van der Waals surface area (Å²) >= 11 is 6.07. The average molecular weight is 483 g/mol. The summed E-state index contributed by atoms with van der Waals surface area (Å²) in [6.45, 7) is 0. The van der Waals surface area contributed by atoms with E-state index in [4.69, 9.17) is 26.3 Å². The molecule has 36 heavy (non-hydrogen) atoms. The highest BCUT2D eigenvalue weighted by Crippen LogP contribution is 2.37. The van der Waals surface area contributed by atoms with Gasteiger partial charge in [0.25, 0.3) is 0 Å². The third-order valence-corrected chi connectivity index (χ3v) is 6.49. The van der Waals surface area contributed by atoms with Crippen LogP contribution in [-0.4, -0.2) is 4.98 Å². The Morgan fingerprint density at radius 2 is 1.19 bits per heavy atom. The third-order valence-electron chi connectivity index (χ3n) is 6.24. The average Bonchev–Trinajstić information content (AvgIpc) is 3.38. The number of nitrogens with zero attached hydrogens (tertiary/aromatic N) is 2. The Labute approximate surface area is 213 Å². The molecule has 0 saturated carbocycles. The van der Waals surface area contributed by atoms with Crippen molar-refractivity contribution in [1.29, 1.82) is 5.26 Å². The highest BCUT2D eigenvalue weighted by molar-refractivity contribution is 6.30. The maximum absolute atomic E-state index is 9.05. The molecule has 6 aromatic rings. The lowest BCUT2D eigenvalue weighted by Gasteiger charge is -2.08. The van der Waals surface area contributed by atoms with E-state index in [0.717, 1.165) is 50.0 Å². The first-order chi connectivity index (χ1) is 17.7. The second-order valence-corrected chi connectivity index (χ2v) is 8.97. The largest absolute Gasteiger partial charge is 0.436 e. The number of benzene rings is 5. The number of aromatic nitrogens is 1. The van der Waals surface area contributed by atoms with Crippen molar-refractivity contribution in [3.8, 4) is 50.9 Å². The van der Waals surface area contributed by atoms with Crippen molar-refractivity contribution in [3.05, 3.63) is 126 Å². The first-order valence-corrected chi connectivity index (χ1v) is 11.9. The van der Waals surface area contributed by atoms with Gasteiger partial charge in [0.15, 0.2) is 5.58 Å². The predicted molar refractivity (Wildman–Crippen MR) is 145 cm³/mol. The summed E-state index contributed by atoms with van der Waals surface area (Å²) in [5.74, 6) is 0.562. The number of hydrogen-bond acceptors (Lipinski definition) is 3. The Hall–Kier alpha value is -4.65. The normalized spacial score (nSPS) is 10.9. The van der Waals surface area contributed by atoms with Crippen molar-refractivity contribution >= 4 is 22.7 Å². The highest BCUT2D eigenvalue weighted by atomic mass is 35.5. The van der Waals surface area contributed by atoms with Gasteiger partial charge in [-0.15, -0.1) is 0 Å². The molecule has 0 aliphatic heterocycles. The molecule has 0 aliphatic rings. The molecule has 0 bridgehead atoms. The van der Waals surface area contributed by atoms with Gasteiger partial charge in [-0.1, -0.05) is 78.3 Å². The van der Waals surface area contributed by atoms with Crippen LogP contribution in [0.15, 0.2) is 120 Å². The van der Waals surface area contributed by atoms with E-state index in [9.17, 15) is 0 Å². The van der Waals surface area contributed by atoms with Crippen LogP contribution in [0.3, 0.4) is 0 Å². The highest BCUT2D eigenvalue weighted by Gasteiger charge is 2.16. The standard InChI is InChI=1S/C32H19ClN2O/c33-28-16-14-26(15-17-28)32-35-31-29(25-4-2-1-3-5-25)18-27(19-30(31)36-32)24-12-10-23(11-13-24)22-8-6-21(20-34)7-9-22/h1-19H. The van der Waals surface area contributed by atoms with Crippen LogP contribution in [0.4, 0.5) is 0 Å². The summed E-state index contributed by atoms with van der Waals surface area (Å²) in [5.41, 5.74) is 9.47. The lowest BCUT2D eigenvalue weighted by molar-refractivity contribution is 0.620. The van der Waals surface area contributed by atoms with E-state index < -0.39 is 0 Å². The molecule has 0 saturated heterocycles. The maximum Gasteiger partial charge on any atom is 0.227 e. The van der Waals surface area contributed by atoms with Gasteiger partial charge >= 0.3 is 0 Å². The number of rotatable bonds is 4. The van der Waals surface area contributed by atoms with Gasteiger partial charge in [0.1, 0.15) is 5.52 Å². The minimum Gasteiger partial charge on any atom is -0.436 e. The first-order valence-electron chi connectivity index (χ1n) is 11.5. The van der Waals surface area contributed by atoms with Crippen molar-refractivity contribution in [2.24, 2.45) is 0 Å². The van der Waals surface area contributed by atoms with E-state index in [1.54, 1.807) is 0 Å². The lowest BCUT2D eigenvalue weighted by atomic mass is 9.96. The van der Waals surface area contributed by atoms with E-state index >= 15 is 0 Å². The molecule has 0 spiro atoms. The molecular formula is C32H19ClN2O. The fraction of sp³-hybridized carbons (Fsp3) is 0. The molecule has 1 heterocycles. The molecule has 0 unspecified atom stereocenters. The van der Waals surface area contributed by atoms with Crippen LogP contribution in [0.25, 0.3) is 55.9 Å². The zero-order valence-electron chi connectivity index (χ0n) is 19.2. The zero-order chi connectivity index (χ0) is 24.5. The molecule has 0 aliphatic carbocycles. The number of hydrogen-bond donors (Lipinski definition) is 0. The van der Waals surface area contributed by atoms with Crippen LogP contribution in [0.5, 0.6) is 0 Å². The third kappa shape index (κ3) is 4.15. The smallest absolute Gasteiger partial charge is 0.227 e. The fourth-order valence-electron chi connectivity index (χ4n) is 4.34. The Morgan fingerprint density at radius 3 is 1.83 bits per heavy atom. The van der Waals surface area contributed by atoms with E-state index in [0.29, 0.717) is 16.5 Å². The van der Waals surface area contributed by atoms with Crippen LogP contribution in [0.1, 0.15) is 5.56 Å². The molecule has 1 aromatic heterocycles. The van der Waals surface area contributed by atoms with Crippen molar-refractivity contribution < 1.29 is 4.42 Å². The van der Waals surface area contributed by atoms with Crippen molar-refractivity contribution in [3.63, 3.8) is 0 Å². The van der Waals surface area contributed by atoms with Gasteiger partial charge in [0.2, 0.25) is 5.89 Å². The van der Waals surface area contributed by atoms with Gasteiger partial charge in [0.05, 0.1) is 11.6 Å². The lowest BCUT2D eigenvalue weighted by Crippen LogP contribution is -1.85. The molecule has 0 amide bonds. The monoisotopic (exact) mass is 482 g/mol. The summed E-state index contributed by atoms with van der Waals surface area (Å²) < 4.78 is 6.25. The second-order valence-electron chi connectivity index (χ2n) is 8.53. The number of oxazole rings is 1. The summed E-state index contributed by atoms with van der Waals surface area (Å²) in [6.07, 6.45) is 0. The van der Waals surface area contributed by atoms with Gasteiger partial charge in [-0.05, 0) is 76.3 Å². The summed E-state index contributed by atoms with van der Waals surface area (Å²) in [5, 5.41) is 9.72. The predicted octanol–water partition coefficient (Wildman–Crippen LogP) is 9.02. The maximum atomic E-state index is 9.05. The quantitative estimate of drug-likeness (QED) is 0.252. The summed E-state index contributed by atoms with van der Waals surface area (Å²) in [4.78, 5) is 4.86. The molecule has 0 atom stereocenters. The Morgan fingerprint density at radius 1 is 0.611 bits per heavy atom. The molecule has 0 fully saturated rings. The first kappa shape index (κ1) is 21.9. The number of halogens is 1. The molecule has 3 nitrogen and oxygen atoms in total. The van der Waals surface area contributed by atoms with Crippen LogP contribution < -0.4 is 0 Å². The van der Waals surface area contributed by atoms with Crippen molar-refractivity contribution in [1.82, 2.24) is 4.98 Å². The molecular weight excluding hydrogens is 464 g/mol. The second kappa shape index (κ2) is 9.19. The van der Waals surface area contributed by atoms with E-state index in [1.807, 2.05) is 72.8 Å². The number of nitriles is 1. The molecule has 0 N–H and O–H groups in total. The van der Waals surface area contributed by atoms with E-state index in [2.05, 4.69) is 48.5 Å². The fourth-order valence-corrected chi connectivity index (χ4v) is 4.47. The summed E-state index contributed by atoms with van der Waals surface area (Å²) in [7, 11) is 0. The Kier molecular flexibility index (Phi) is 5.58. The van der Waals surface area contributed by atoms with Gasteiger partial charge in [-0.2, -0.15) is 5.26 Å². The molecule has 6 rings (SSSR count). The van der Waals surface area contributed by atoms with Gasteiger partial charge < -0.3 is 4.42 Å². The SMILES string of the molecule is N#Cc1ccc(-c2ccc(-c3cc(-c4ccccc4)c4nc(-c5ccc(Cl)cc5)oc4c3)cc2)cc1.